The summed E-state index contributed by atoms with van der Waals surface area (Å²) < 4.78 is 48.9. The van der Waals surface area contributed by atoms with Crippen LogP contribution in [0.3, 0.4) is 0 Å². The van der Waals surface area contributed by atoms with Crippen molar-refractivity contribution >= 4 is 32.4 Å². The molecule has 0 spiro atoms. The van der Waals surface area contributed by atoms with E-state index in [0.717, 1.165) is 22.5 Å². The van der Waals surface area contributed by atoms with Crippen molar-refractivity contribution in [3.8, 4) is 0 Å². The number of sulfonamides is 1. The van der Waals surface area contributed by atoms with Gasteiger partial charge in [-0.05, 0) is 0 Å². The lowest BCUT2D eigenvalue weighted by Crippen LogP contribution is -2.38. The Labute approximate surface area is 124 Å². The third kappa shape index (κ3) is 6.78. The largest absolute Gasteiger partial charge is 0.395 e. The van der Waals surface area contributed by atoms with E-state index in [9.17, 15) is 22.0 Å². The fourth-order valence-corrected chi connectivity index (χ4v) is 3.03. The summed E-state index contributed by atoms with van der Waals surface area (Å²) in [7, 11) is -3.46. The number of nitrogens with one attached hydrogen (secondary N) is 1. The van der Waals surface area contributed by atoms with Crippen molar-refractivity contribution in [1.29, 1.82) is 0 Å². The van der Waals surface area contributed by atoms with E-state index >= 15 is 0 Å². The lowest BCUT2D eigenvalue weighted by Gasteiger charge is -2.20. The smallest absolute Gasteiger partial charge is 0.255 e. The summed E-state index contributed by atoms with van der Waals surface area (Å²) in [6.07, 6.45) is -1.97. The van der Waals surface area contributed by atoms with Gasteiger partial charge in [-0.1, -0.05) is 0 Å². The first-order valence-electron chi connectivity index (χ1n) is 5.80. The van der Waals surface area contributed by atoms with Gasteiger partial charge in [-0.15, -0.1) is 11.3 Å². The van der Waals surface area contributed by atoms with Crippen LogP contribution in [0.4, 0.5) is 13.9 Å². The molecule has 0 aliphatic carbocycles. The Bertz CT molecular complexity index is 577. The first-order valence-corrected chi connectivity index (χ1v) is 8.57. The van der Waals surface area contributed by atoms with E-state index in [1.54, 1.807) is 0 Å². The van der Waals surface area contributed by atoms with Crippen molar-refractivity contribution in [1.82, 2.24) is 9.88 Å². The molecule has 0 unspecified atom stereocenters. The number of amides is 1. The molecule has 1 heterocycles. The molecule has 120 valence electrons. The highest BCUT2D eigenvalue weighted by Crippen LogP contribution is 2.17. The summed E-state index contributed by atoms with van der Waals surface area (Å²) in [5.74, 6) is -0.611. The number of rotatable bonds is 8. The monoisotopic (exact) mass is 343 g/mol. The van der Waals surface area contributed by atoms with Crippen molar-refractivity contribution in [2.45, 2.75) is 12.8 Å². The Morgan fingerprint density at radius 1 is 1.57 bits per heavy atom. The third-order valence-electron chi connectivity index (χ3n) is 2.24. The molecule has 0 atom stereocenters. The number of aromatic nitrogens is 1. The average molecular weight is 343 g/mol. The molecule has 0 radical (unpaired) electrons. The van der Waals surface area contributed by atoms with Crippen LogP contribution in [0.25, 0.3) is 0 Å². The van der Waals surface area contributed by atoms with E-state index in [2.05, 4.69) is 9.71 Å². The van der Waals surface area contributed by atoms with Crippen molar-refractivity contribution < 1.29 is 27.1 Å². The zero-order valence-electron chi connectivity index (χ0n) is 11.1. The van der Waals surface area contributed by atoms with Crippen molar-refractivity contribution in [3.05, 3.63) is 11.1 Å². The number of halogens is 2. The SMILES string of the molecule is CS(=O)(=O)Nc1nc(CC(=O)N(CCO)CC(F)F)cs1. The van der Waals surface area contributed by atoms with E-state index in [1.807, 2.05) is 0 Å². The van der Waals surface area contributed by atoms with Gasteiger partial charge in [0, 0.05) is 11.9 Å². The molecule has 11 heteroatoms. The Balaban J connectivity index is 2.68. The number of nitrogens with zero attached hydrogens (tertiary/aromatic N) is 2. The molecule has 1 rings (SSSR count). The molecule has 0 fully saturated rings. The average Bonchev–Trinajstić information content (AvgIpc) is 2.72. The zero-order chi connectivity index (χ0) is 16.0. The third-order valence-corrected chi connectivity index (χ3v) is 3.74. The molecule has 0 aliphatic rings. The summed E-state index contributed by atoms with van der Waals surface area (Å²) in [5, 5.41) is 10.3. The predicted molar refractivity (Wildman–Crippen MR) is 74.0 cm³/mol. The quantitative estimate of drug-likeness (QED) is 0.700. The van der Waals surface area contributed by atoms with Crippen molar-refractivity contribution in [2.24, 2.45) is 0 Å². The molecule has 2 N–H and O–H groups in total. The molecule has 1 aromatic rings. The van der Waals surface area contributed by atoms with Crippen LogP contribution in [-0.4, -0.2) is 61.7 Å². The number of thiazole rings is 1. The van der Waals surface area contributed by atoms with Gasteiger partial charge in [0.25, 0.3) is 6.43 Å². The second-order valence-corrected chi connectivity index (χ2v) is 6.76. The summed E-state index contributed by atoms with van der Waals surface area (Å²) in [4.78, 5) is 16.6. The normalized spacial score (nSPS) is 11.7. The first kappa shape index (κ1) is 17.7. The van der Waals surface area contributed by atoms with E-state index in [0.29, 0.717) is 0 Å². The van der Waals surface area contributed by atoms with Gasteiger partial charge in [0.15, 0.2) is 5.13 Å². The lowest BCUT2D eigenvalue weighted by atomic mass is 10.3. The van der Waals surface area contributed by atoms with Crippen molar-refractivity contribution in [2.75, 3.05) is 30.7 Å². The second-order valence-electron chi connectivity index (χ2n) is 4.15. The minimum Gasteiger partial charge on any atom is -0.395 e. The minimum absolute atomic E-state index is 0.0999. The number of hydrogen-bond donors (Lipinski definition) is 2. The summed E-state index contributed by atoms with van der Waals surface area (Å²) in [6.45, 7) is -1.38. The maximum Gasteiger partial charge on any atom is 0.255 e. The number of alkyl halides is 2. The molecule has 0 saturated carbocycles. The van der Waals surface area contributed by atoms with Crippen LogP contribution in [0.2, 0.25) is 0 Å². The standard InChI is InChI=1S/C10H15F2N3O4S2/c1-21(18,19)14-10-13-7(6-20-10)4-9(17)15(2-3-16)5-8(11)12/h6,8,16H,2-5H2,1H3,(H,13,14). The molecular formula is C10H15F2N3O4S2. The highest BCUT2D eigenvalue weighted by molar-refractivity contribution is 7.92. The molecule has 0 aromatic carbocycles. The Hall–Kier alpha value is -1.33. The van der Waals surface area contributed by atoms with E-state index in [4.69, 9.17) is 5.11 Å². The van der Waals surface area contributed by atoms with Crippen LogP contribution in [0.15, 0.2) is 5.38 Å². The number of hydrogen-bond acceptors (Lipinski definition) is 6. The molecule has 0 saturated heterocycles. The van der Waals surface area contributed by atoms with Gasteiger partial charge in [0.2, 0.25) is 15.9 Å². The molecule has 7 nitrogen and oxygen atoms in total. The topological polar surface area (TPSA) is 99.6 Å². The number of anilines is 1. The van der Waals surface area contributed by atoms with Crippen LogP contribution in [0.5, 0.6) is 0 Å². The van der Waals surface area contributed by atoms with Gasteiger partial charge >= 0.3 is 0 Å². The predicted octanol–water partition coefficient (Wildman–Crippen LogP) is 0.143. The Kier molecular flexibility index (Phi) is 6.42. The van der Waals surface area contributed by atoms with Gasteiger partial charge in [-0.25, -0.2) is 22.2 Å². The molecule has 1 aromatic heterocycles. The lowest BCUT2D eigenvalue weighted by molar-refractivity contribution is -0.133. The molecular weight excluding hydrogens is 328 g/mol. The second kappa shape index (κ2) is 7.61. The van der Waals surface area contributed by atoms with E-state index < -0.39 is 35.5 Å². The maximum atomic E-state index is 12.3. The summed E-state index contributed by atoms with van der Waals surface area (Å²) in [5.41, 5.74) is 0.272. The molecule has 1 amide bonds. The Morgan fingerprint density at radius 3 is 2.76 bits per heavy atom. The van der Waals surface area contributed by atoms with Crippen LogP contribution in [-0.2, 0) is 21.2 Å². The number of carbonyl (C=O) groups is 1. The number of carbonyl (C=O) groups excluding carboxylic acids is 1. The highest BCUT2D eigenvalue weighted by Gasteiger charge is 2.19. The number of aliphatic hydroxyl groups is 1. The fraction of sp³-hybridized carbons (Fsp3) is 0.600. The molecule has 21 heavy (non-hydrogen) atoms. The summed E-state index contributed by atoms with van der Waals surface area (Å²) >= 11 is 0.988. The maximum absolute atomic E-state index is 12.3. The van der Waals surface area contributed by atoms with Crippen LogP contribution in [0.1, 0.15) is 5.69 Å². The van der Waals surface area contributed by atoms with Crippen LogP contribution >= 0.6 is 11.3 Å². The molecule has 0 bridgehead atoms. The first-order chi connectivity index (χ1) is 9.71. The van der Waals surface area contributed by atoms with Gasteiger partial charge in [-0.2, -0.15) is 0 Å². The molecule has 0 aliphatic heterocycles. The highest BCUT2D eigenvalue weighted by atomic mass is 32.2. The van der Waals surface area contributed by atoms with Crippen LogP contribution < -0.4 is 4.72 Å². The zero-order valence-corrected chi connectivity index (χ0v) is 12.8. The minimum atomic E-state index is -3.46. The van der Waals surface area contributed by atoms with E-state index in [1.165, 1.54) is 5.38 Å². The van der Waals surface area contributed by atoms with Gasteiger partial charge in [-0.3, -0.25) is 9.52 Å². The van der Waals surface area contributed by atoms with Gasteiger partial charge in [0.05, 0.1) is 31.5 Å². The van der Waals surface area contributed by atoms with Crippen LogP contribution in [0, 0.1) is 0 Å². The van der Waals surface area contributed by atoms with Gasteiger partial charge in [0.1, 0.15) is 0 Å². The van der Waals surface area contributed by atoms with Crippen molar-refractivity contribution in [3.63, 3.8) is 0 Å². The Morgan fingerprint density at radius 2 is 2.24 bits per heavy atom. The van der Waals surface area contributed by atoms with Gasteiger partial charge < -0.3 is 10.0 Å². The van der Waals surface area contributed by atoms with E-state index in [-0.39, 0.29) is 23.8 Å². The summed E-state index contributed by atoms with van der Waals surface area (Å²) in [6, 6.07) is 0. The number of aliphatic hydroxyl groups excluding tert-OH is 1. The fourth-order valence-electron chi connectivity index (χ4n) is 1.47.